The zero-order valence-corrected chi connectivity index (χ0v) is 11.9. The van der Waals surface area contributed by atoms with Crippen LogP contribution >= 0.6 is 0 Å². The van der Waals surface area contributed by atoms with E-state index >= 15 is 0 Å². The van der Waals surface area contributed by atoms with Gasteiger partial charge in [-0.1, -0.05) is 13.8 Å². The number of hydrogen-bond acceptors (Lipinski definition) is 3. The molecular weight excluding hydrogens is 242 g/mol. The van der Waals surface area contributed by atoms with E-state index in [0.29, 0.717) is 24.1 Å². The summed E-state index contributed by atoms with van der Waals surface area (Å²) in [5.41, 5.74) is 0.266. The molecule has 0 amide bonds. The van der Waals surface area contributed by atoms with Crippen LogP contribution in [0.15, 0.2) is 10.5 Å². The molecule has 1 aliphatic carbocycles. The Hall–Kier alpha value is -1.29. The predicted octanol–water partition coefficient (Wildman–Crippen LogP) is 3.20. The second-order valence-corrected chi connectivity index (χ2v) is 5.98. The second-order valence-electron chi connectivity index (χ2n) is 5.98. The maximum atomic E-state index is 10.9. The van der Waals surface area contributed by atoms with Gasteiger partial charge in [-0.3, -0.25) is 0 Å². The van der Waals surface area contributed by atoms with Gasteiger partial charge in [0.2, 0.25) is 0 Å². The number of rotatable bonds is 4. The first kappa shape index (κ1) is 14.1. The molecule has 1 aromatic heterocycles. The molecule has 0 radical (unpaired) electrons. The highest BCUT2D eigenvalue weighted by Crippen LogP contribution is 2.28. The van der Waals surface area contributed by atoms with Gasteiger partial charge in [0.1, 0.15) is 17.1 Å². The first-order valence-corrected chi connectivity index (χ1v) is 7.01. The number of furan rings is 1. The Bertz CT molecular complexity index is 442. The first-order valence-electron chi connectivity index (χ1n) is 7.01. The SMILES string of the molecule is Cc1oc(CNC2CC(C)CC(C)C2)cc1C(=O)O. The third-order valence-electron chi connectivity index (χ3n) is 3.94. The molecule has 0 bridgehead atoms. The third kappa shape index (κ3) is 3.60. The molecule has 1 heterocycles. The van der Waals surface area contributed by atoms with E-state index in [2.05, 4.69) is 19.2 Å². The molecule has 2 N–H and O–H groups in total. The van der Waals surface area contributed by atoms with E-state index in [9.17, 15) is 4.79 Å². The minimum Gasteiger partial charge on any atom is -0.478 e. The molecule has 1 aliphatic rings. The number of aromatic carboxylic acids is 1. The molecule has 4 heteroatoms. The quantitative estimate of drug-likeness (QED) is 0.877. The number of carboxylic acids is 1. The van der Waals surface area contributed by atoms with Crippen LogP contribution in [0.3, 0.4) is 0 Å². The summed E-state index contributed by atoms with van der Waals surface area (Å²) in [6, 6.07) is 2.14. The van der Waals surface area contributed by atoms with Gasteiger partial charge < -0.3 is 14.8 Å². The first-order chi connectivity index (χ1) is 8.95. The molecule has 0 spiro atoms. The van der Waals surface area contributed by atoms with Gasteiger partial charge >= 0.3 is 5.97 Å². The largest absolute Gasteiger partial charge is 0.478 e. The average molecular weight is 265 g/mol. The monoisotopic (exact) mass is 265 g/mol. The molecule has 19 heavy (non-hydrogen) atoms. The lowest BCUT2D eigenvalue weighted by Crippen LogP contribution is -2.35. The molecule has 0 saturated heterocycles. The molecule has 4 nitrogen and oxygen atoms in total. The zero-order chi connectivity index (χ0) is 14.0. The van der Waals surface area contributed by atoms with Crippen molar-refractivity contribution in [3.05, 3.63) is 23.2 Å². The van der Waals surface area contributed by atoms with Crippen LogP contribution in [0.1, 0.15) is 55.0 Å². The number of aryl methyl sites for hydroxylation is 1. The van der Waals surface area contributed by atoms with E-state index in [1.807, 2.05) is 0 Å². The predicted molar refractivity (Wildman–Crippen MR) is 73.2 cm³/mol. The third-order valence-corrected chi connectivity index (χ3v) is 3.94. The number of hydrogen-bond donors (Lipinski definition) is 2. The van der Waals surface area contributed by atoms with Crippen LogP contribution in [-0.4, -0.2) is 17.1 Å². The fraction of sp³-hybridized carbons (Fsp3) is 0.667. The Balaban J connectivity index is 1.91. The highest BCUT2D eigenvalue weighted by molar-refractivity contribution is 5.88. The fourth-order valence-electron chi connectivity index (χ4n) is 3.20. The Labute approximate surface area is 114 Å². The topological polar surface area (TPSA) is 62.5 Å². The van der Waals surface area contributed by atoms with Gasteiger partial charge in [0.15, 0.2) is 0 Å². The van der Waals surface area contributed by atoms with Crippen molar-refractivity contribution in [2.45, 2.75) is 52.6 Å². The van der Waals surface area contributed by atoms with Crippen molar-refractivity contribution in [2.24, 2.45) is 11.8 Å². The van der Waals surface area contributed by atoms with E-state index < -0.39 is 5.97 Å². The Kier molecular flexibility index (Phi) is 4.30. The van der Waals surface area contributed by atoms with Crippen molar-refractivity contribution in [3.8, 4) is 0 Å². The molecule has 1 fully saturated rings. The molecule has 2 rings (SSSR count). The molecule has 2 unspecified atom stereocenters. The lowest BCUT2D eigenvalue weighted by atomic mass is 9.80. The highest BCUT2D eigenvalue weighted by Gasteiger charge is 2.24. The molecule has 0 aliphatic heterocycles. The van der Waals surface area contributed by atoms with E-state index in [1.54, 1.807) is 13.0 Å². The minimum atomic E-state index is -0.924. The van der Waals surface area contributed by atoms with Crippen molar-refractivity contribution < 1.29 is 14.3 Å². The van der Waals surface area contributed by atoms with Gasteiger partial charge in [-0.15, -0.1) is 0 Å². The fourth-order valence-corrected chi connectivity index (χ4v) is 3.20. The molecule has 2 atom stereocenters. The zero-order valence-electron chi connectivity index (χ0n) is 11.9. The van der Waals surface area contributed by atoms with Crippen molar-refractivity contribution in [2.75, 3.05) is 0 Å². The smallest absolute Gasteiger partial charge is 0.339 e. The standard InChI is InChI=1S/C15H23NO3/c1-9-4-10(2)6-12(5-9)16-8-13-7-14(15(17)18)11(3)19-13/h7,9-10,12,16H,4-6,8H2,1-3H3,(H,17,18). The summed E-state index contributed by atoms with van der Waals surface area (Å²) in [5, 5.41) is 12.5. The van der Waals surface area contributed by atoms with Crippen LogP contribution in [0, 0.1) is 18.8 Å². The van der Waals surface area contributed by atoms with Crippen LogP contribution in [0.4, 0.5) is 0 Å². The lowest BCUT2D eigenvalue weighted by Gasteiger charge is -2.31. The van der Waals surface area contributed by atoms with Crippen LogP contribution in [0.25, 0.3) is 0 Å². The van der Waals surface area contributed by atoms with Gasteiger partial charge in [-0.05, 0) is 44.1 Å². The van der Waals surface area contributed by atoms with Crippen LogP contribution in [-0.2, 0) is 6.54 Å². The van der Waals surface area contributed by atoms with Gasteiger partial charge in [0.25, 0.3) is 0 Å². The number of carbonyl (C=O) groups is 1. The highest BCUT2D eigenvalue weighted by atomic mass is 16.4. The van der Waals surface area contributed by atoms with Crippen molar-refractivity contribution in [1.82, 2.24) is 5.32 Å². The Morgan fingerprint density at radius 1 is 1.37 bits per heavy atom. The van der Waals surface area contributed by atoms with Crippen LogP contribution in [0.2, 0.25) is 0 Å². The second kappa shape index (κ2) is 5.78. The van der Waals surface area contributed by atoms with Gasteiger partial charge in [-0.2, -0.15) is 0 Å². The summed E-state index contributed by atoms with van der Waals surface area (Å²) < 4.78 is 5.48. The Morgan fingerprint density at radius 2 is 2.00 bits per heavy atom. The average Bonchev–Trinajstić information content (AvgIpc) is 2.67. The maximum absolute atomic E-state index is 10.9. The number of nitrogens with one attached hydrogen (secondary N) is 1. The van der Waals surface area contributed by atoms with Gasteiger partial charge in [0.05, 0.1) is 6.54 Å². The van der Waals surface area contributed by atoms with E-state index in [0.717, 1.165) is 11.8 Å². The Morgan fingerprint density at radius 3 is 2.53 bits per heavy atom. The van der Waals surface area contributed by atoms with Crippen LogP contribution in [0.5, 0.6) is 0 Å². The molecule has 1 saturated carbocycles. The normalized spacial score (nSPS) is 27.4. The summed E-state index contributed by atoms with van der Waals surface area (Å²) in [6.07, 6.45) is 3.69. The van der Waals surface area contributed by atoms with Crippen LogP contribution < -0.4 is 5.32 Å². The van der Waals surface area contributed by atoms with E-state index in [4.69, 9.17) is 9.52 Å². The van der Waals surface area contributed by atoms with E-state index in [1.165, 1.54) is 19.3 Å². The van der Waals surface area contributed by atoms with Crippen molar-refractivity contribution in [3.63, 3.8) is 0 Å². The molecule has 1 aromatic rings. The van der Waals surface area contributed by atoms with Gasteiger partial charge in [-0.25, -0.2) is 4.79 Å². The summed E-state index contributed by atoms with van der Waals surface area (Å²) >= 11 is 0. The molecule has 0 aromatic carbocycles. The van der Waals surface area contributed by atoms with Crippen molar-refractivity contribution >= 4 is 5.97 Å². The maximum Gasteiger partial charge on any atom is 0.339 e. The summed E-state index contributed by atoms with van der Waals surface area (Å²) in [6.45, 7) is 6.89. The van der Waals surface area contributed by atoms with Gasteiger partial charge in [0, 0.05) is 6.04 Å². The summed E-state index contributed by atoms with van der Waals surface area (Å²) in [7, 11) is 0. The molecule has 106 valence electrons. The number of carboxylic acid groups (broad SMARTS) is 1. The van der Waals surface area contributed by atoms with E-state index in [-0.39, 0.29) is 5.56 Å². The summed E-state index contributed by atoms with van der Waals surface area (Å²) in [4.78, 5) is 10.9. The van der Waals surface area contributed by atoms with Crippen molar-refractivity contribution in [1.29, 1.82) is 0 Å². The summed E-state index contributed by atoms with van der Waals surface area (Å²) in [5.74, 6) is 1.78. The lowest BCUT2D eigenvalue weighted by molar-refractivity contribution is 0.0695. The molecular formula is C15H23NO3. The minimum absolute atomic E-state index is 0.266.